The van der Waals surface area contributed by atoms with Crippen LogP contribution in [0.5, 0.6) is 0 Å². The maximum Gasteiger partial charge on any atom is 0.251 e. The van der Waals surface area contributed by atoms with Crippen LogP contribution in [0.25, 0.3) is 10.9 Å². The van der Waals surface area contributed by atoms with Crippen molar-refractivity contribution >= 4 is 16.8 Å². The van der Waals surface area contributed by atoms with Crippen molar-refractivity contribution < 1.29 is 4.79 Å². The SMILES string of the molecule is CCCc1ccc2cc(C(=O)NC3CN4CCC3CC4)ccc2n1. The van der Waals surface area contributed by atoms with Crippen LogP contribution in [0.1, 0.15) is 42.2 Å². The lowest BCUT2D eigenvalue weighted by atomic mass is 9.84. The van der Waals surface area contributed by atoms with Gasteiger partial charge in [-0.05, 0) is 62.5 Å². The molecule has 1 atom stereocenters. The maximum absolute atomic E-state index is 12.7. The Morgan fingerprint density at radius 2 is 2.08 bits per heavy atom. The van der Waals surface area contributed by atoms with Crippen LogP contribution in [0.2, 0.25) is 0 Å². The van der Waals surface area contributed by atoms with E-state index in [2.05, 4.69) is 34.3 Å². The quantitative estimate of drug-likeness (QED) is 0.941. The third-order valence-corrected chi connectivity index (χ3v) is 5.49. The highest BCUT2D eigenvalue weighted by Gasteiger charge is 2.34. The molecule has 4 heteroatoms. The molecule has 0 radical (unpaired) electrons. The summed E-state index contributed by atoms with van der Waals surface area (Å²) in [5, 5.41) is 4.30. The molecule has 4 nitrogen and oxygen atoms in total. The van der Waals surface area contributed by atoms with E-state index in [-0.39, 0.29) is 5.91 Å². The molecule has 3 fully saturated rings. The zero-order chi connectivity index (χ0) is 16.5. The zero-order valence-corrected chi connectivity index (χ0v) is 14.3. The number of hydrogen-bond acceptors (Lipinski definition) is 3. The molecular weight excluding hydrogens is 298 g/mol. The topological polar surface area (TPSA) is 45.2 Å². The van der Waals surface area contributed by atoms with Gasteiger partial charge in [0.2, 0.25) is 0 Å². The number of piperidine rings is 3. The van der Waals surface area contributed by atoms with E-state index >= 15 is 0 Å². The summed E-state index contributed by atoms with van der Waals surface area (Å²) in [6.07, 6.45) is 4.52. The van der Waals surface area contributed by atoms with Gasteiger partial charge in [0.05, 0.1) is 5.52 Å². The summed E-state index contributed by atoms with van der Waals surface area (Å²) in [5.41, 5.74) is 2.83. The number of nitrogens with one attached hydrogen (secondary N) is 1. The average molecular weight is 323 g/mol. The van der Waals surface area contributed by atoms with Crippen LogP contribution < -0.4 is 5.32 Å². The first-order valence-electron chi connectivity index (χ1n) is 9.16. The summed E-state index contributed by atoms with van der Waals surface area (Å²) in [5.74, 6) is 0.700. The van der Waals surface area contributed by atoms with Gasteiger partial charge in [-0.2, -0.15) is 0 Å². The first-order valence-corrected chi connectivity index (χ1v) is 9.16. The molecule has 126 valence electrons. The van der Waals surface area contributed by atoms with E-state index in [1.165, 1.54) is 25.9 Å². The first kappa shape index (κ1) is 15.6. The Labute approximate surface area is 143 Å². The van der Waals surface area contributed by atoms with Crippen molar-refractivity contribution in [3.05, 3.63) is 41.6 Å². The Bertz CT molecular complexity index is 750. The monoisotopic (exact) mass is 323 g/mol. The van der Waals surface area contributed by atoms with Gasteiger partial charge < -0.3 is 10.2 Å². The van der Waals surface area contributed by atoms with Crippen molar-refractivity contribution in [3.8, 4) is 0 Å². The lowest BCUT2D eigenvalue weighted by Crippen LogP contribution is -2.57. The van der Waals surface area contributed by atoms with E-state index in [0.29, 0.717) is 12.0 Å². The Morgan fingerprint density at radius 1 is 1.25 bits per heavy atom. The van der Waals surface area contributed by atoms with Crippen LogP contribution >= 0.6 is 0 Å². The van der Waals surface area contributed by atoms with Crippen molar-refractivity contribution in [2.45, 2.75) is 38.6 Å². The fourth-order valence-electron chi connectivity index (χ4n) is 4.08. The van der Waals surface area contributed by atoms with Crippen LogP contribution in [-0.4, -0.2) is 41.5 Å². The van der Waals surface area contributed by atoms with Gasteiger partial charge in [-0.1, -0.05) is 19.4 Å². The maximum atomic E-state index is 12.7. The van der Waals surface area contributed by atoms with Crippen LogP contribution in [0, 0.1) is 5.92 Å². The fourth-order valence-corrected chi connectivity index (χ4v) is 4.08. The number of fused-ring (bicyclic) bond motifs is 4. The van der Waals surface area contributed by atoms with E-state index in [1.807, 2.05) is 18.2 Å². The average Bonchev–Trinajstić information content (AvgIpc) is 2.62. The number of amides is 1. The molecular formula is C20H25N3O. The molecule has 2 aromatic rings. The molecule has 0 aliphatic carbocycles. The van der Waals surface area contributed by atoms with Crippen molar-refractivity contribution in [2.24, 2.45) is 5.92 Å². The van der Waals surface area contributed by atoms with Gasteiger partial charge in [0.15, 0.2) is 0 Å². The number of carbonyl (C=O) groups is 1. The second-order valence-corrected chi connectivity index (χ2v) is 7.18. The van der Waals surface area contributed by atoms with Gasteiger partial charge in [0, 0.05) is 29.2 Å². The second-order valence-electron chi connectivity index (χ2n) is 7.18. The number of carbonyl (C=O) groups excluding carboxylic acids is 1. The summed E-state index contributed by atoms with van der Waals surface area (Å²) in [4.78, 5) is 19.8. The first-order chi connectivity index (χ1) is 11.7. The summed E-state index contributed by atoms with van der Waals surface area (Å²) >= 11 is 0. The molecule has 1 aromatic carbocycles. The summed E-state index contributed by atoms with van der Waals surface area (Å²) in [6.45, 7) is 5.55. The Balaban J connectivity index is 1.51. The minimum atomic E-state index is 0.0493. The molecule has 3 aliphatic heterocycles. The smallest absolute Gasteiger partial charge is 0.251 e. The highest BCUT2D eigenvalue weighted by molar-refractivity contribution is 5.98. The van der Waals surface area contributed by atoms with Gasteiger partial charge in [0.1, 0.15) is 0 Å². The highest BCUT2D eigenvalue weighted by atomic mass is 16.1. The van der Waals surface area contributed by atoms with E-state index in [0.717, 1.165) is 41.5 Å². The Kier molecular flexibility index (Phi) is 4.23. The van der Waals surface area contributed by atoms with E-state index in [4.69, 9.17) is 0 Å². The third kappa shape index (κ3) is 3.03. The van der Waals surface area contributed by atoms with E-state index < -0.39 is 0 Å². The van der Waals surface area contributed by atoms with Gasteiger partial charge in [-0.3, -0.25) is 9.78 Å². The number of rotatable bonds is 4. The third-order valence-electron chi connectivity index (χ3n) is 5.49. The Hall–Kier alpha value is -1.94. The molecule has 24 heavy (non-hydrogen) atoms. The normalized spacial score (nSPS) is 25.8. The van der Waals surface area contributed by atoms with Gasteiger partial charge in [-0.15, -0.1) is 0 Å². The summed E-state index contributed by atoms with van der Waals surface area (Å²) in [6, 6.07) is 10.3. The number of aromatic nitrogens is 1. The van der Waals surface area contributed by atoms with Crippen LogP contribution in [-0.2, 0) is 6.42 Å². The van der Waals surface area contributed by atoms with Crippen molar-refractivity contribution in [1.82, 2.24) is 15.2 Å². The highest BCUT2D eigenvalue weighted by Crippen LogP contribution is 2.27. The minimum absolute atomic E-state index is 0.0493. The molecule has 1 N–H and O–H groups in total. The largest absolute Gasteiger partial charge is 0.348 e. The van der Waals surface area contributed by atoms with Crippen LogP contribution in [0.3, 0.4) is 0 Å². The Morgan fingerprint density at radius 3 is 2.79 bits per heavy atom. The summed E-state index contributed by atoms with van der Waals surface area (Å²) in [7, 11) is 0. The van der Waals surface area contributed by atoms with Gasteiger partial charge in [-0.25, -0.2) is 0 Å². The molecule has 0 saturated carbocycles. The van der Waals surface area contributed by atoms with Crippen molar-refractivity contribution in [1.29, 1.82) is 0 Å². The molecule has 4 heterocycles. The van der Waals surface area contributed by atoms with E-state index in [9.17, 15) is 4.79 Å². The summed E-state index contributed by atoms with van der Waals surface area (Å²) < 4.78 is 0. The molecule has 2 bridgehead atoms. The standard InChI is InChI=1S/C20H25N3O/c1-2-3-17-6-4-15-12-16(5-7-18(15)21-17)20(24)22-19-13-23-10-8-14(19)9-11-23/h4-7,12,14,19H,2-3,8-11,13H2,1H3,(H,22,24). The molecule has 3 aliphatic rings. The molecule has 0 spiro atoms. The molecule has 1 unspecified atom stereocenters. The number of hydrogen-bond donors (Lipinski definition) is 1. The molecule has 3 saturated heterocycles. The number of aryl methyl sites for hydroxylation is 1. The van der Waals surface area contributed by atoms with Crippen LogP contribution in [0.4, 0.5) is 0 Å². The molecule has 5 rings (SSSR count). The predicted octanol–water partition coefficient (Wildman–Crippen LogP) is 3.01. The van der Waals surface area contributed by atoms with Gasteiger partial charge in [0.25, 0.3) is 5.91 Å². The molecule has 1 amide bonds. The number of pyridine rings is 1. The van der Waals surface area contributed by atoms with Crippen molar-refractivity contribution in [3.63, 3.8) is 0 Å². The minimum Gasteiger partial charge on any atom is -0.348 e. The predicted molar refractivity (Wildman–Crippen MR) is 96.2 cm³/mol. The lowest BCUT2D eigenvalue weighted by Gasteiger charge is -2.44. The zero-order valence-electron chi connectivity index (χ0n) is 14.3. The molecule has 1 aromatic heterocycles. The lowest BCUT2D eigenvalue weighted by molar-refractivity contribution is 0.0620. The number of nitrogens with zero attached hydrogens (tertiary/aromatic N) is 2. The second kappa shape index (κ2) is 6.52. The van der Waals surface area contributed by atoms with Gasteiger partial charge >= 0.3 is 0 Å². The van der Waals surface area contributed by atoms with Crippen LogP contribution in [0.15, 0.2) is 30.3 Å². The van der Waals surface area contributed by atoms with E-state index in [1.54, 1.807) is 0 Å². The fraction of sp³-hybridized carbons (Fsp3) is 0.500. The number of benzene rings is 1. The van der Waals surface area contributed by atoms with Crippen molar-refractivity contribution in [2.75, 3.05) is 19.6 Å².